The van der Waals surface area contributed by atoms with Gasteiger partial charge in [-0.1, -0.05) is 12.1 Å². The molecule has 1 aliphatic heterocycles. The number of rotatable bonds is 12. The molecule has 0 aliphatic carbocycles. The molecule has 7 nitrogen and oxygen atoms in total. The molecule has 0 atom stereocenters. The van der Waals surface area contributed by atoms with Gasteiger partial charge in [-0.15, -0.1) is 0 Å². The fourth-order valence-electron chi connectivity index (χ4n) is 3.83. The Hall–Kier alpha value is -1.83. The first kappa shape index (κ1) is 24.4. The number of likely N-dealkylation sites (N-methyl/N-ethyl adjacent to an activating group) is 1. The molecule has 30 heavy (non-hydrogen) atoms. The van der Waals surface area contributed by atoms with E-state index in [0.717, 1.165) is 77.0 Å². The molecule has 0 spiro atoms. The highest BCUT2D eigenvalue weighted by Gasteiger charge is 2.34. The third kappa shape index (κ3) is 7.78. The number of ether oxygens (including phenoxy) is 3. The zero-order chi connectivity index (χ0) is 21.7. The predicted molar refractivity (Wildman–Crippen MR) is 123 cm³/mol. The molecule has 0 bridgehead atoms. The molecular formula is C23H40N4O3. The summed E-state index contributed by atoms with van der Waals surface area (Å²) < 4.78 is 16.4. The van der Waals surface area contributed by atoms with Crippen LogP contribution in [0.5, 0.6) is 5.75 Å². The molecule has 2 N–H and O–H groups in total. The van der Waals surface area contributed by atoms with Gasteiger partial charge in [0, 0.05) is 65.6 Å². The Labute approximate surface area is 182 Å². The van der Waals surface area contributed by atoms with E-state index in [1.165, 1.54) is 5.56 Å². The first-order chi connectivity index (χ1) is 14.6. The second-order valence-electron chi connectivity index (χ2n) is 7.85. The van der Waals surface area contributed by atoms with Gasteiger partial charge in [-0.05, 0) is 50.9 Å². The lowest BCUT2D eigenvalue weighted by Crippen LogP contribution is -2.49. The highest BCUT2D eigenvalue weighted by atomic mass is 16.5. The zero-order valence-corrected chi connectivity index (χ0v) is 19.2. The molecule has 1 aliphatic rings. The summed E-state index contributed by atoms with van der Waals surface area (Å²) in [6.07, 6.45) is 3.03. The number of hydrogen-bond donors (Lipinski definition) is 2. The van der Waals surface area contributed by atoms with Crippen LogP contribution in [0.4, 0.5) is 0 Å². The fraction of sp³-hybridized carbons (Fsp3) is 0.696. The lowest BCUT2D eigenvalue weighted by Gasteiger charge is -2.38. The third-order valence-corrected chi connectivity index (χ3v) is 5.72. The minimum Gasteiger partial charge on any atom is -0.494 e. The van der Waals surface area contributed by atoms with Gasteiger partial charge in [-0.3, -0.25) is 4.99 Å². The Kier molecular flexibility index (Phi) is 11.0. The molecule has 0 radical (unpaired) electrons. The SMILES string of the molecule is CCOc1ccc(C2(CNC(=NC)NCCN(C)CCCOC)CCOCC2)cc1. The van der Waals surface area contributed by atoms with E-state index in [9.17, 15) is 0 Å². The highest BCUT2D eigenvalue weighted by molar-refractivity contribution is 5.79. The van der Waals surface area contributed by atoms with Gasteiger partial charge in [0.25, 0.3) is 0 Å². The second-order valence-corrected chi connectivity index (χ2v) is 7.85. The van der Waals surface area contributed by atoms with E-state index in [4.69, 9.17) is 14.2 Å². The maximum absolute atomic E-state index is 5.66. The Bertz CT molecular complexity index is 615. The number of nitrogens with one attached hydrogen (secondary N) is 2. The van der Waals surface area contributed by atoms with E-state index in [-0.39, 0.29) is 5.41 Å². The highest BCUT2D eigenvalue weighted by Crippen LogP contribution is 2.35. The maximum Gasteiger partial charge on any atom is 0.191 e. The van der Waals surface area contributed by atoms with E-state index in [1.807, 2.05) is 14.0 Å². The number of benzene rings is 1. The molecule has 0 saturated carbocycles. The van der Waals surface area contributed by atoms with Crippen molar-refractivity contribution in [1.29, 1.82) is 0 Å². The van der Waals surface area contributed by atoms with Crippen molar-refractivity contribution in [2.75, 3.05) is 73.8 Å². The average Bonchev–Trinajstić information content (AvgIpc) is 2.77. The van der Waals surface area contributed by atoms with Crippen LogP contribution in [0.3, 0.4) is 0 Å². The molecule has 2 rings (SSSR count). The van der Waals surface area contributed by atoms with E-state index in [0.29, 0.717) is 6.61 Å². The molecule has 0 aromatic heterocycles. The van der Waals surface area contributed by atoms with Gasteiger partial charge < -0.3 is 29.7 Å². The monoisotopic (exact) mass is 420 g/mol. The lowest BCUT2D eigenvalue weighted by atomic mass is 9.74. The summed E-state index contributed by atoms with van der Waals surface area (Å²) in [7, 11) is 5.71. The number of methoxy groups -OCH3 is 1. The summed E-state index contributed by atoms with van der Waals surface area (Å²) in [5.74, 6) is 1.76. The number of aliphatic imine (C=N–C) groups is 1. The van der Waals surface area contributed by atoms with Gasteiger partial charge in [0.2, 0.25) is 0 Å². The van der Waals surface area contributed by atoms with Crippen LogP contribution < -0.4 is 15.4 Å². The van der Waals surface area contributed by atoms with Crippen molar-refractivity contribution in [3.63, 3.8) is 0 Å². The number of nitrogens with zero attached hydrogens (tertiary/aromatic N) is 2. The molecule has 7 heteroatoms. The Morgan fingerprint density at radius 1 is 1.17 bits per heavy atom. The zero-order valence-electron chi connectivity index (χ0n) is 19.2. The van der Waals surface area contributed by atoms with Crippen LogP contribution in [0.25, 0.3) is 0 Å². The van der Waals surface area contributed by atoms with Crippen molar-refractivity contribution in [3.8, 4) is 5.75 Å². The largest absolute Gasteiger partial charge is 0.494 e. The van der Waals surface area contributed by atoms with Crippen LogP contribution in [0.2, 0.25) is 0 Å². The molecule has 1 aromatic carbocycles. The van der Waals surface area contributed by atoms with Gasteiger partial charge in [0.05, 0.1) is 6.61 Å². The number of hydrogen-bond acceptors (Lipinski definition) is 5. The Morgan fingerprint density at radius 3 is 2.53 bits per heavy atom. The second kappa shape index (κ2) is 13.5. The molecule has 1 aromatic rings. The van der Waals surface area contributed by atoms with Gasteiger partial charge in [0.1, 0.15) is 5.75 Å². The summed E-state index contributed by atoms with van der Waals surface area (Å²) in [6, 6.07) is 8.54. The van der Waals surface area contributed by atoms with Crippen LogP contribution in [0.1, 0.15) is 31.7 Å². The first-order valence-corrected chi connectivity index (χ1v) is 11.1. The minimum absolute atomic E-state index is 0.0392. The van der Waals surface area contributed by atoms with Crippen LogP contribution in [-0.2, 0) is 14.9 Å². The summed E-state index contributed by atoms with van der Waals surface area (Å²) in [5, 5.41) is 7.00. The molecule has 1 saturated heterocycles. The number of guanidine groups is 1. The summed E-state index contributed by atoms with van der Waals surface area (Å²) in [6.45, 7) is 8.73. The summed E-state index contributed by atoms with van der Waals surface area (Å²) >= 11 is 0. The molecule has 1 fully saturated rings. The average molecular weight is 421 g/mol. The minimum atomic E-state index is 0.0392. The van der Waals surface area contributed by atoms with Crippen molar-refractivity contribution in [2.45, 2.75) is 31.6 Å². The van der Waals surface area contributed by atoms with Gasteiger partial charge in [-0.2, -0.15) is 0 Å². The maximum atomic E-state index is 5.66. The van der Waals surface area contributed by atoms with Crippen LogP contribution in [0, 0.1) is 0 Å². The predicted octanol–water partition coefficient (Wildman–Crippen LogP) is 2.27. The molecule has 1 heterocycles. The quantitative estimate of drug-likeness (QED) is 0.307. The molecular weight excluding hydrogens is 380 g/mol. The van der Waals surface area contributed by atoms with Crippen LogP contribution in [-0.4, -0.2) is 84.7 Å². The van der Waals surface area contributed by atoms with E-state index in [2.05, 4.69) is 51.8 Å². The Morgan fingerprint density at radius 2 is 1.90 bits per heavy atom. The standard InChI is InChI=1S/C23H40N4O3/c1-5-30-21-9-7-20(8-10-21)23(11-17-29-18-12-23)19-26-22(24-2)25-13-15-27(3)14-6-16-28-4/h7-10H,5-6,11-19H2,1-4H3,(H2,24,25,26). The van der Waals surface area contributed by atoms with Crippen molar-refractivity contribution < 1.29 is 14.2 Å². The van der Waals surface area contributed by atoms with Gasteiger partial charge in [-0.25, -0.2) is 0 Å². The molecule has 0 unspecified atom stereocenters. The lowest BCUT2D eigenvalue weighted by molar-refractivity contribution is 0.0513. The van der Waals surface area contributed by atoms with E-state index < -0.39 is 0 Å². The van der Waals surface area contributed by atoms with Crippen LogP contribution in [0.15, 0.2) is 29.3 Å². The molecule has 170 valence electrons. The summed E-state index contributed by atoms with van der Waals surface area (Å²) in [5.41, 5.74) is 1.37. The third-order valence-electron chi connectivity index (χ3n) is 5.72. The smallest absolute Gasteiger partial charge is 0.191 e. The fourth-order valence-corrected chi connectivity index (χ4v) is 3.83. The first-order valence-electron chi connectivity index (χ1n) is 11.1. The normalized spacial score (nSPS) is 16.5. The van der Waals surface area contributed by atoms with Crippen LogP contribution >= 0.6 is 0 Å². The van der Waals surface area contributed by atoms with Crippen molar-refractivity contribution in [1.82, 2.24) is 15.5 Å². The molecule has 0 amide bonds. The van der Waals surface area contributed by atoms with Gasteiger partial charge >= 0.3 is 0 Å². The van der Waals surface area contributed by atoms with Gasteiger partial charge in [0.15, 0.2) is 5.96 Å². The van der Waals surface area contributed by atoms with Crippen molar-refractivity contribution in [3.05, 3.63) is 29.8 Å². The van der Waals surface area contributed by atoms with E-state index in [1.54, 1.807) is 7.11 Å². The van der Waals surface area contributed by atoms with E-state index >= 15 is 0 Å². The summed E-state index contributed by atoms with van der Waals surface area (Å²) in [4.78, 5) is 6.72. The Balaban J connectivity index is 1.89. The van der Waals surface area contributed by atoms with Crippen molar-refractivity contribution in [2.24, 2.45) is 4.99 Å². The topological polar surface area (TPSA) is 67.4 Å². The van der Waals surface area contributed by atoms with Crippen molar-refractivity contribution >= 4 is 5.96 Å².